The molecular weight excluding hydrogens is 426 g/mol. The summed E-state index contributed by atoms with van der Waals surface area (Å²) in [6, 6.07) is 7.65. The molecule has 0 radical (unpaired) electrons. The summed E-state index contributed by atoms with van der Waals surface area (Å²) < 4.78 is 3.23. The lowest BCUT2D eigenvalue weighted by Gasteiger charge is -2.23. The first-order valence-electron chi connectivity index (χ1n) is 9.12. The summed E-state index contributed by atoms with van der Waals surface area (Å²) in [7, 11) is 0. The average molecular weight is 446 g/mol. The maximum atomic E-state index is 13.0. The fourth-order valence-corrected chi connectivity index (χ4v) is 5.18. The van der Waals surface area contributed by atoms with E-state index in [9.17, 15) is 9.59 Å². The number of hydrogen-bond donors (Lipinski definition) is 1. The lowest BCUT2D eigenvalue weighted by Crippen LogP contribution is -2.26. The molecule has 1 aliphatic rings. The van der Waals surface area contributed by atoms with Crippen molar-refractivity contribution in [2.24, 2.45) is 0 Å². The zero-order valence-corrected chi connectivity index (χ0v) is 17.4. The number of fused-ring (bicyclic) bond motifs is 1. The van der Waals surface area contributed by atoms with Gasteiger partial charge in [0, 0.05) is 21.1 Å². The van der Waals surface area contributed by atoms with E-state index < -0.39 is 0 Å². The molecular formula is C20H20BrN3O2S. The first kappa shape index (κ1) is 18.4. The Morgan fingerprint density at radius 1 is 1.30 bits per heavy atom. The Balaban J connectivity index is 1.71. The minimum atomic E-state index is -0.237. The molecule has 0 spiro atoms. The van der Waals surface area contributed by atoms with Gasteiger partial charge in [0.1, 0.15) is 10.2 Å². The van der Waals surface area contributed by atoms with Crippen LogP contribution in [0.3, 0.4) is 0 Å². The zero-order chi connectivity index (χ0) is 19.0. The highest BCUT2D eigenvalue weighted by Gasteiger charge is 2.23. The molecule has 0 bridgehead atoms. The van der Waals surface area contributed by atoms with Crippen LogP contribution in [-0.4, -0.2) is 15.5 Å². The number of rotatable bonds is 3. The van der Waals surface area contributed by atoms with E-state index in [2.05, 4.69) is 26.2 Å². The largest absolute Gasteiger partial charge is 0.322 e. The van der Waals surface area contributed by atoms with E-state index in [1.54, 1.807) is 10.9 Å². The quantitative estimate of drug-likeness (QED) is 0.595. The average Bonchev–Trinajstić information content (AvgIpc) is 3.00. The number of benzene rings is 1. The summed E-state index contributed by atoms with van der Waals surface area (Å²) in [5.41, 5.74) is 1.66. The molecule has 1 aromatic carbocycles. The van der Waals surface area contributed by atoms with Crippen LogP contribution in [0.5, 0.6) is 0 Å². The van der Waals surface area contributed by atoms with Gasteiger partial charge in [-0.05, 0) is 38.0 Å². The van der Waals surface area contributed by atoms with Crippen molar-refractivity contribution in [3.05, 3.63) is 55.9 Å². The van der Waals surface area contributed by atoms with E-state index in [-0.39, 0.29) is 17.5 Å². The molecule has 0 atom stereocenters. The van der Waals surface area contributed by atoms with E-state index in [1.807, 2.05) is 31.2 Å². The Morgan fingerprint density at radius 2 is 2.07 bits per heavy atom. The topological polar surface area (TPSA) is 64.0 Å². The summed E-state index contributed by atoms with van der Waals surface area (Å²) in [6.07, 6.45) is 7.21. The second-order valence-corrected chi connectivity index (χ2v) is 9.06. The molecule has 140 valence electrons. The van der Waals surface area contributed by atoms with Gasteiger partial charge in [0.05, 0.1) is 11.9 Å². The normalized spacial score (nSPS) is 15.2. The van der Waals surface area contributed by atoms with Gasteiger partial charge in [-0.2, -0.15) is 0 Å². The number of aromatic nitrogens is 2. The van der Waals surface area contributed by atoms with Crippen molar-refractivity contribution in [3.63, 3.8) is 0 Å². The van der Waals surface area contributed by atoms with Crippen molar-refractivity contribution in [2.45, 2.75) is 45.1 Å². The van der Waals surface area contributed by atoms with Gasteiger partial charge in [-0.3, -0.25) is 14.2 Å². The van der Waals surface area contributed by atoms with Crippen molar-refractivity contribution >= 4 is 49.1 Å². The van der Waals surface area contributed by atoms with E-state index >= 15 is 0 Å². The number of nitrogens with zero attached hydrogens (tertiary/aromatic N) is 2. The van der Waals surface area contributed by atoms with Gasteiger partial charge in [-0.15, -0.1) is 11.3 Å². The fourth-order valence-electron chi connectivity index (χ4n) is 3.74. The number of thiophene rings is 1. The van der Waals surface area contributed by atoms with Gasteiger partial charge in [0.2, 0.25) is 0 Å². The summed E-state index contributed by atoms with van der Waals surface area (Å²) in [5, 5.41) is 2.90. The number of halogens is 1. The van der Waals surface area contributed by atoms with Crippen LogP contribution >= 0.6 is 27.3 Å². The standard InChI is InChI=1S/C20H20BrN3O2S/c1-12-16(19(25)23-14-7-5-6-13(21)10-14)17-18(27-12)20(26)24(11-22-17)15-8-3-2-4-9-15/h5-7,10-11,15H,2-4,8-9H2,1H3,(H,23,25). The smallest absolute Gasteiger partial charge is 0.271 e. The number of carbonyl (C=O) groups excluding carboxylic acids is 1. The van der Waals surface area contributed by atoms with Gasteiger partial charge in [-0.1, -0.05) is 41.3 Å². The Bertz CT molecular complexity index is 1070. The van der Waals surface area contributed by atoms with E-state index in [0.29, 0.717) is 21.5 Å². The lowest BCUT2D eigenvalue weighted by molar-refractivity contribution is 0.102. The molecule has 0 aliphatic heterocycles. The predicted molar refractivity (Wildman–Crippen MR) is 113 cm³/mol. The highest BCUT2D eigenvalue weighted by molar-refractivity contribution is 9.10. The lowest BCUT2D eigenvalue weighted by atomic mass is 9.95. The molecule has 1 aliphatic carbocycles. The summed E-state index contributed by atoms with van der Waals surface area (Å²) in [5.74, 6) is -0.237. The molecule has 1 amide bonds. The number of hydrogen-bond acceptors (Lipinski definition) is 4. The Hall–Kier alpha value is -1.99. The molecule has 7 heteroatoms. The van der Waals surface area contributed by atoms with Crippen molar-refractivity contribution in [3.8, 4) is 0 Å². The molecule has 27 heavy (non-hydrogen) atoms. The van der Waals surface area contributed by atoms with Crippen molar-refractivity contribution < 1.29 is 4.79 Å². The first-order valence-corrected chi connectivity index (χ1v) is 10.7. The van der Waals surface area contributed by atoms with Crippen molar-refractivity contribution in [2.75, 3.05) is 5.32 Å². The van der Waals surface area contributed by atoms with Crippen LogP contribution in [0, 0.1) is 6.92 Å². The summed E-state index contributed by atoms with van der Waals surface area (Å²) >= 11 is 4.76. The molecule has 1 N–H and O–H groups in total. The van der Waals surface area contributed by atoms with Crippen LogP contribution in [0.2, 0.25) is 0 Å². The zero-order valence-electron chi connectivity index (χ0n) is 15.0. The maximum Gasteiger partial charge on any atom is 0.271 e. The molecule has 1 saturated carbocycles. The van der Waals surface area contributed by atoms with Gasteiger partial charge < -0.3 is 5.32 Å². The van der Waals surface area contributed by atoms with Gasteiger partial charge in [0.15, 0.2) is 0 Å². The van der Waals surface area contributed by atoms with Crippen LogP contribution in [0.25, 0.3) is 10.2 Å². The van der Waals surface area contributed by atoms with Crippen LogP contribution in [0.4, 0.5) is 5.69 Å². The van der Waals surface area contributed by atoms with Crippen molar-refractivity contribution in [1.82, 2.24) is 9.55 Å². The molecule has 5 nitrogen and oxygen atoms in total. The van der Waals surface area contributed by atoms with Gasteiger partial charge in [0.25, 0.3) is 11.5 Å². The van der Waals surface area contributed by atoms with Crippen LogP contribution in [0.15, 0.2) is 39.9 Å². The maximum absolute atomic E-state index is 13.0. The van der Waals surface area contributed by atoms with E-state index in [1.165, 1.54) is 17.8 Å². The highest BCUT2D eigenvalue weighted by Crippen LogP contribution is 2.31. The number of amides is 1. The predicted octanol–water partition coefficient (Wildman–Crippen LogP) is 5.29. The number of nitrogens with one attached hydrogen (secondary N) is 1. The second-order valence-electron chi connectivity index (χ2n) is 6.92. The van der Waals surface area contributed by atoms with Crippen LogP contribution < -0.4 is 10.9 Å². The number of aryl methyl sites for hydroxylation is 1. The summed E-state index contributed by atoms with van der Waals surface area (Å²) in [6.45, 7) is 1.87. The minimum Gasteiger partial charge on any atom is -0.322 e. The second kappa shape index (κ2) is 7.56. The number of anilines is 1. The Kier molecular flexibility index (Phi) is 5.14. The third kappa shape index (κ3) is 3.58. The van der Waals surface area contributed by atoms with Crippen LogP contribution in [-0.2, 0) is 0 Å². The molecule has 0 saturated heterocycles. The van der Waals surface area contributed by atoms with E-state index in [0.717, 1.165) is 35.0 Å². The summed E-state index contributed by atoms with van der Waals surface area (Å²) in [4.78, 5) is 31.2. The molecule has 0 unspecified atom stereocenters. The number of carbonyl (C=O) groups is 1. The molecule has 1 fully saturated rings. The van der Waals surface area contributed by atoms with E-state index in [4.69, 9.17) is 0 Å². The Labute approximate surface area is 169 Å². The van der Waals surface area contributed by atoms with Gasteiger partial charge >= 0.3 is 0 Å². The molecule has 3 aromatic rings. The SMILES string of the molecule is Cc1sc2c(=O)n(C3CCCCC3)cnc2c1C(=O)Nc1cccc(Br)c1. The fraction of sp³-hybridized carbons (Fsp3) is 0.350. The first-order chi connectivity index (χ1) is 13.0. The monoisotopic (exact) mass is 445 g/mol. The Morgan fingerprint density at radius 3 is 2.81 bits per heavy atom. The third-order valence-electron chi connectivity index (χ3n) is 5.08. The van der Waals surface area contributed by atoms with Crippen LogP contribution in [0.1, 0.15) is 53.4 Å². The van der Waals surface area contributed by atoms with Gasteiger partial charge in [-0.25, -0.2) is 4.98 Å². The molecule has 2 heterocycles. The minimum absolute atomic E-state index is 0.0264. The third-order valence-corrected chi connectivity index (χ3v) is 6.65. The molecule has 4 rings (SSSR count). The highest BCUT2D eigenvalue weighted by atomic mass is 79.9. The van der Waals surface area contributed by atoms with Crippen molar-refractivity contribution in [1.29, 1.82) is 0 Å². The molecule has 2 aromatic heterocycles.